The molecule has 0 spiro atoms. The van der Waals surface area contributed by atoms with Gasteiger partial charge in [0.2, 0.25) is 6.79 Å². The van der Waals surface area contributed by atoms with Gasteiger partial charge in [-0.1, -0.05) is 64.1 Å². The van der Waals surface area contributed by atoms with Gasteiger partial charge in [-0.05, 0) is 42.0 Å². The molecule has 6 nitrogen and oxygen atoms in total. The molecule has 32 heavy (non-hydrogen) atoms. The van der Waals surface area contributed by atoms with Crippen LogP contribution < -0.4 is 14.2 Å². The highest BCUT2D eigenvalue weighted by molar-refractivity contribution is 9.10. The lowest BCUT2D eigenvalue weighted by Gasteiger charge is -2.11. The minimum absolute atomic E-state index is 0.264. The van der Waals surface area contributed by atoms with Crippen molar-refractivity contribution in [3.8, 4) is 28.6 Å². The molecular weight excluding hydrogens is 490 g/mol. The number of halogens is 1. The van der Waals surface area contributed by atoms with Crippen molar-refractivity contribution in [3.05, 3.63) is 82.8 Å². The van der Waals surface area contributed by atoms with Crippen molar-refractivity contribution < 1.29 is 14.2 Å². The fourth-order valence-electron chi connectivity index (χ4n) is 3.38. The summed E-state index contributed by atoms with van der Waals surface area (Å²) in [4.78, 5) is 0. The lowest BCUT2D eigenvalue weighted by atomic mass is 10.2. The summed E-state index contributed by atoms with van der Waals surface area (Å²) in [5, 5.41) is 9.82. The van der Waals surface area contributed by atoms with Gasteiger partial charge >= 0.3 is 0 Å². The highest BCUT2D eigenvalue weighted by Crippen LogP contribution is 2.33. The summed E-state index contributed by atoms with van der Waals surface area (Å²) in [5.74, 6) is 3.99. The molecule has 0 saturated heterocycles. The van der Waals surface area contributed by atoms with Gasteiger partial charge in [0.15, 0.2) is 22.5 Å². The van der Waals surface area contributed by atoms with Crippen LogP contribution in [0, 0.1) is 0 Å². The quantitative estimate of drug-likeness (QED) is 0.225. The zero-order chi connectivity index (χ0) is 21.8. The van der Waals surface area contributed by atoms with Gasteiger partial charge in [0.1, 0.15) is 5.75 Å². The molecule has 1 aliphatic heterocycles. The van der Waals surface area contributed by atoms with Crippen LogP contribution in [0.15, 0.2) is 82.4 Å². The van der Waals surface area contributed by atoms with Gasteiger partial charge in [-0.3, -0.25) is 4.57 Å². The Labute approximate surface area is 198 Å². The van der Waals surface area contributed by atoms with Crippen molar-refractivity contribution in [2.45, 2.75) is 11.7 Å². The lowest BCUT2D eigenvalue weighted by molar-refractivity contribution is 0.174. The van der Waals surface area contributed by atoms with Gasteiger partial charge in [-0.2, -0.15) is 0 Å². The van der Waals surface area contributed by atoms with Crippen LogP contribution >= 0.6 is 27.7 Å². The number of aromatic nitrogens is 3. The minimum atomic E-state index is 0.264. The first-order valence-corrected chi connectivity index (χ1v) is 11.9. The maximum Gasteiger partial charge on any atom is 0.231 e. The number of ether oxygens (including phenoxy) is 3. The molecule has 0 aliphatic carbocycles. The van der Waals surface area contributed by atoms with E-state index in [2.05, 4.69) is 30.7 Å². The molecule has 2 heterocycles. The Morgan fingerprint density at radius 2 is 1.75 bits per heavy atom. The summed E-state index contributed by atoms with van der Waals surface area (Å²) in [6.07, 6.45) is 0. The number of nitrogens with zero attached hydrogens (tertiary/aromatic N) is 3. The average molecular weight is 510 g/mol. The van der Waals surface area contributed by atoms with Crippen molar-refractivity contribution >= 4 is 27.7 Å². The molecule has 1 aromatic heterocycles. The van der Waals surface area contributed by atoms with Crippen molar-refractivity contribution in [2.75, 3.05) is 19.2 Å². The minimum Gasteiger partial charge on any atom is -0.493 e. The molecule has 0 fully saturated rings. The molecule has 0 amide bonds. The van der Waals surface area contributed by atoms with E-state index in [1.54, 1.807) is 11.8 Å². The van der Waals surface area contributed by atoms with Crippen LogP contribution in [-0.2, 0) is 6.54 Å². The summed E-state index contributed by atoms with van der Waals surface area (Å²) >= 11 is 5.07. The van der Waals surface area contributed by atoms with Gasteiger partial charge in [0.25, 0.3) is 0 Å². The van der Waals surface area contributed by atoms with Gasteiger partial charge in [0, 0.05) is 15.8 Å². The first-order valence-electron chi connectivity index (χ1n) is 10.1. The summed E-state index contributed by atoms with van der Waals surface area (Å²) in [6.45, 7) is 1.47. The molecule has 0 N–H and O–H groups in total. The average Bonchev–Trinajstić information content (AvgIpc) is 3.45. The van der Waals surface area contributed by atoms with Gasteiger partial charge < -0.3 is 14.2 Å². The second-order valence-electron chi connectivity index (χ2n) is 7.10. The Hall–Kier alpha value is -2.97. The maximum absolute atomic E-state index is 5.85. The Kier molecular flexibility index (Phi) is 6.31. The van der Waals surface area contributed by atoms with Crippen LogP contribution in [0.5, 0.6) is 17.2 Å². The van der Waals surface area contributed by atoms with Crippen molar-refractivity contribution in [3.63, 3.8) is 0 Å². The molecule has 0 atom stereocenters. The number of thioether (sulfide) groups is 1. The summed E-state index contributed by atoms with van der Waals surface area (Å²) in [5.41, 5.74) is 2.12. The van der Waals surface area contributed by atoms with Crippen LogP contribution in [0.25, 0.3) is 11.4 Å². The van der Waals surface area contributed by atoms with Gasteiger partial charge in [-0.25, -0.2) is 0 Å². The number of hydrogen-bond donors (Lipinski definition) is 0. The Morgan fingerprint density at radius 1 is 0.938 bits per heavy atom. The number of hydrogen-bond acceptors (Lipinski definition) is 6. The topological polar surface area (TPSA) is 58.4 Å². The highest BCUT2D eigenvalue weighted by Gasteiger charge is 2.17. The predicted octanol–water partition coefficient (Wildman–Crippen LogP) is 5.66. The van der Waals surface area contributed by atoms with E-state index < -0.39 is 0 Å². The normalized spacial score (nSPS) is 12.2. The third-order valence-corrected chi connectivity index (χ3v) is 6.38. The zero-order valence-electron chi connectivity index (χ0n) is 17.1. The van der Waals surface area contributed by atoms with E-state index in [4.69, 9.17) is 14.2 Å². The van der Waals surface area contributed by atoms with Gasteiger partial charge in [-0.15, -0.1) is 10.2 Å². The molecule has 1 aliphatic rings. The molecule has 8 heteroatoms. The smallest absolute Gasteiger partial charge is 0.231 e. The third-order valence-electron chi connectivity index (χ3n) is 4.92. The summed E-state index contributed by atoms with van der Waals surface area (Å²) in [7, 11) is 0. The summed E-state index contributed by atoms with van der Waals surface area (Å²) < 4.78 is 20.0. The second-order valence-corrected chi connectivity index (χ2v) is 9.07. The van der Waals surface area contributed by atoms with E-state index in [0.29, 0.717) is 13.2 Å². The number of rotatable bonds is 8. The monoisotopic (exact) mass is 509 g/mol. The van der Waals surface area contributed by atoms with Crippen LogP contribution in [0.2, 0.25) is 0 Å². The van der Waals surface area contributed by atoms with Crippen LogP contribution in [-0.4, -0.2) is 33.9 Å². The van der Waals surface area contributed by atoms with Crippen molar-refractivity contribution in [2.24, 2.45) is 0 Å². The molecule has 3 aromatic carbocycles. The SMILES string of the molecule is Brc1ccc(OCCSc2nnc(-c3ccccc3)n2Cc2ccc3c(c2)OCO3)cc1. The van der Waals surface area contributed by atoms with Crippen molar-refractivity contribution in [1.29, 1.82) is 0 Å². The largest absolute Gasteiger partial charge is 0.493 e. The molecule has 162 valence electrons. The fraction of sp³-hybridized carbons (Fsp3) is 0.167. The molecule has 0 unspecified atom stereocenters. The summed E-state index contributed by atoms with van der Waals surface area (Å²) in [6, 6.07) is 24.0. The molecule has 0 saturated carbocycles. The van der Waals surface area contributed by atoms with E-state index >= 15 is 0 Å². The highest BCUT2D eigenvalue weighted by atomic mass is 79.9. The van der Waals surface area contributed by atoms with E-state index in [0.717, 1.165) is 49.6 Å². The molecule has 0 radical (unpaired) electrons. The molecule has 0 bridgehead atoms. The first kappa shape index (κ1) is 20.9. The predicted molar refractivity (Wildman–Crippen MR) is 127 cm³/mol. The standard InChI is InChI=1S/C24H20BrN3O3S/c25-19-7-9-20(10-8-19)29-12-13-32-24-27-26-23(18-4-2-1-3-5-18)28(24)15-17-6-11-21-22(14-17)31-16-30-21/h1-11,14H,12-13,15-16H2. The fourth-order valence-corrected chi connectivity index (χ4v) is 4.40. The Morgan fingerprint density at radius 3 is 2.59 bits per heavy atom. The van der Waals surface area contributed by atoms with Crippen LogP contribution in [0.4, 0.5) is 0 Å². The first-order chi connectivity index (χ1) is 15.8. The van der Waals surface area contributed by atoms with E-state index in [-0.39, 0.29) is 6.79 Å². The van der Waals surface area contributed by atoms with E-state index in [9.17, 15) is 0 Å². The Balaban J connectivity index is 1.33. The maximum atomic E-state index is 5.85. The van der Waals surface area contributed by atoms with Crippen molar-refractivity contribution in [1.82, 2.24) is 14.8 Å². The third kappa shape index (κ3) is 4.76. The van der Waals surface area contributed by atoms with Crippen LogP contribution in [0.1, 0.15) is 5.56 Å². The van der Waals surface area contributed by atoms with E-state index in [1.807, 2.05) is 72.8 Å². The molecule has 4 aromatic rings. The zero-order valence-corrected chi connectivity index (χ0v) is 19.5. The molecular formula is C24H20BrN3O3S. The molecule has 5 rings (SSSR count). The van der Waals surface area contributed by atoms with Crippen LogP contribution in [0.3, 0.4) is 0 Å². The Bertz CT molecular complexity index is 1200. The number of benzene rings is 3. The number of fused-ring (bicyclic) bond motifs is 1. The lowest BCUT2D eigenvalue weighted by Crippen LogP contribution is -2.06. The second kappa shape index (κ2) is 9.67. The van der Waals surface area contributed by atoms with Gasteiger partial charge in [0.05, 0.1) is 13.2 Å². The van der Waals surface area contributed by atoms with E-state index in [1.165, 1.54) is 0 Å².